The fourth-order valence-corrected chi connectivity index (χ4v) is 1.67. The third kappa shape index (κ3) is 5.40. The van der Waals surface area contributed by atoms with Gasteiger partial charge < -0.3 is 5.32 Å². The van der Waals surface area contributed by atoms with Crippen molar-refractivity contribution in [1.82, 2.24) is 5.32 Å². The number of rotatable bonds is 6. The van der Waals surface area contributed by atoms with E-state index in [-0.39, 0.29) is 16.6 Å². The van der Waals surface area contributed by atoms with E-state index in [0.29, 0.717) is 18.0 Å². The van der Waals surface area contributed by atoms with Crippen molar-refractivity contribution in [3.63, 3.8) is 0 Å². The van der Waals surface area contributed by atoms with Crippen LogP contribution in [0.3, 0.4) is 0 Å². The van der Waals surface area contributed by atoms with Crippen molar-refractivity contribution in [3.8, 4) is 0 Å². The van der Waals surface area contributed by atoms with Crippen LogP contribution in [0.2, 0.25) is 5.02 Å². The zero-order valence-corrected chi connectivity index (χ0v) is 12.2. The molecule has 0 aromatic heterocycles. The first kappa shape index (κ1) is 16.2. The summed E-state index contributed by atoms with van der Waals surface area (Å²) < 4.78 is 0. The summed E-state index contributed by atoms with van der Waals surface area (Å²) >= 11 is 5.71. The van der Waals surface area contributed by atoms with Gasteiger partial charge in [0.2, 0.25) is 5.91 Å². The fraction of sp³-hybridized carbons (Fsp3) is 0.357. The first-order valence-electron chi connectivity index (χ1n) is 6.30. The Labute approximate surface area is 122 Å². The molecule has 0 aliphatic rings. The maximum atomic E-state index is 11.5. The van der Waals surface area contributed by atoms with Crippen LogP contribution in [0.5, 0.6) is 0 Å². The van der Waals surface area contributed by atoms with E-state index >= 15 is 0 Å². The lowest BCUT2D eigenvalue weighted by Gasteiger charge is -2.04. The van der Waals surface area contributed by atoms with Gasteiger partial charge in [0.15, 0.2) is 0 Å². The summed E-state index contributed by atoms with van der Waals surface area (Å²) in [5, 5.41) is 13.6. The van der Waals surface area contributed by atoms with Crippen LogP contribution in [0.25, 0.3) is 6.08 Å². The lowest BCUT2D eigenvalue weighted by atomic mass is 10.1. The average molecular weight is 297 g/mol. The van der Waals surface area contributed by atoms with Gasteiger partial charge in [-0.1, -0.05) is 31.5 Å². The number of hydrogen-bond acceptors (Lipinski definition) is 3. The maximum Gasteiger partial charge on any atom is 0.288 e. The molecule has 1 aromatic rings. The van der Waals surface area contributed by atoms with Crippen LogP contribution in [0, 0.1) is 16.0 Å². The summed E-state index contributed by atoms with van der Waals surface area (Å²) in [5.74, 6) is 0.307. The SMILES string of the molecule is CC(C)CCNC(=O)/C=C/c1ccc(Cl)c([N+](=O)[O-])c1. The average Bonchev–Trinajstić information content (AvgIpc) is 2.37. The van der Waals surface area contributed by atoms with E-state index in [2.05, 4.69) is 19.2 Å². The number of benzene rings is 1. The summed E-state index contributed by atoms with van der Waals surface area (Å²) in [7, 11) is 0. The normalized spacial score (nSPS) is 11.0. The number of nitrogens with one attached hydrogen (secondary N) is 1. The molecule has 108 valence electrons. The molecule has 0 aliphatic carbocycles. The molecular weight excluding hydrogens is 280 g/mol. The lowest BCUT2D eigenvalue weighted by Crippen LogP contribution is -2.23. The third-order valence-electron chi connectivity index (χ3n) is 2.61. The van der Waals surface area contributed by atoms with Gasteiger partial charge in [0, 0.05) is 18.7 Å². The minimum atomic E-state index is -0.553. The molecule has 0 saturated carbocycles. The number of hydrogen-bond donors (Lipinski definition) is 1. The van der Waals surface area contributed by atoms with Gasteiger partial charge in [-0.2, -0.15) is 0 Å². The van der Waals surface area contributed by atoms with Crippen molar-refractivity contribution in [2.24, 2.45) is 5.92 Å². The predicted octanol–water partition coefficient (Wildman–Crippen LogP) is 3.42. The molecule has 0 saturated heterocycles. The quantitative estimate of drug-likeness (QED) is 0.496. The van der Waals surface area contributed by atoms with E-state index < -0.39 is 4.92 Å². The van der Waals surface area contributed by atoms with Crippen molar-refractivity contribution < 1.29 is 9.72 Å². The molecule has 0 bridgehead atoms. The molecule has 0 aliphatic heterocycles. The highest BCUT2D eigenvalue weighted by molar-refractivity contribution is 6.32. The van der Waals surface area contributed by atoms with E-state index in [1.165, 1.54) is 24.3 Å². The standard InChI is InChI=1S/C14H17ClN2O3/c1-10(2)7-8-16-14(18)6-4-11-3-5-12(15)13(9-11)17(19)20/h3-6,9-10H,7-8H2,1-2H3,(H,16,18)/b6-4+. The molecule has 0 spiro atoms. The van der Waals surface area contributed by atoms with Crippen molar-refractivity contribution in [2.45, 2.75) is 20.3 Å². The topological polar surface area (TPSA) is 72.2 Å². The number of halogens is 1. The van der Waals surface area contributed by atoms with E-state index in [1.54, 1.807) is 6.07 Å². The van der Waals surface area contributed by atoms with Gasteiger partial charge in [0.25, 0.3) is 5.69 Å². The van der Waals surface area contributed by atoms with Crippen molar-refractivity contribution in [1.29, 1.82) is 0 Å². The van der Waals surface area contributed by atoms with Crippen LogP contribution in [0.4, 0.5) is 5.69 Å². The zero-order chi connectivity index (χ0) is 15.1. The molecule has 0 fully saturated rings. The van der Waals surface area contributed by atoms with E-state index in [1.807, 2.05) is 0 Å². The molecule has 1 rings (SSSR count). The van der Waals surface area contributed by atoms with Crippen LogP contribution in [-0.2, 0) is 4.79 Å². The van der Waals surface area contributed by atoms with Crippen molar-refractivity contribution in [2.75, 3.05) is 6.54 Å². The molecule has 1 amide bonds. The molecule has 20 heavy (non-hydrogen) atoms. The summed E-state index contributed by atoms with van der Waals surface area (Å²) in [5.41, 5.74) is 0.383. The van der Waals surface area contributed by atoms with Gasteiger partial charge in [-0.05, 0) is 30.0 Å². The second kappa shape index (κ2) is 7.65. The van der Waals surface area contributed by atoms with Crippen molar-refractivity contribution in [3.05, 3.63) is 45.0 Å². The minimum Gasteiger partial charge on any atom is -0.353 e. The second-order valence-corrected chi connectivity index (χ2v) is 5.18. The molecule has 0 heterocycles. The highest BCUT2D eigenvalue weighted by Gasteiger charge is 2.11. The monoisotopic (exact) mass is 296 g/mol. The van der Waals surface area contributed by atoms with Crippen LogP contribution >= 0.6 is 11.6 Å². The molecule has 5 nitrogen and oxygen atoms in total. The fourth-order valence-electron chi connectivity index (χ4n) is 1.49. The molecule has 1 N–H and O–H groups in total. The summed E-state index contributed by atoms with van der Waals surface area (Å²) in [6.07, 6.45) is 3.79. The molecule has 0 unspecified atom stereocenters. The number of nitro groups is 1. The third-order valence-corrected chi connectivity index (χ3v) is 2.93. The lowest BCUT2D eigenvalue weighted by molar-refractivity contribution is -0.384. The van der Waals surface area contributed by atoms with Gasteiger partial charge in [-0.3, -0.25) is 14.9 Å². The Bertz CT molecular complexity index is 527. The van der Waals surface area contributed by atoms with Crippen molar-refractivity contribution >= 4 is 29.3 Å². The first-order chi connectivity index (χ1) is 9.40. The molecule has 0 radical (unpaired) electrons. The molecular formula is C14H17ClN2O3. The van der Waals surface area contributed by atoms with Crippen LogP contribution in [0.1, 0.15) is 25.8 Å². The number of carbonyl (C=O) groups excluding carboxylic acids is 1. The van der Waals surface area contributed by atoms with Crippen LogP contribution < -0.4 is 5.32 Å². The smallest absolute Gasteiger partial charge is 0.288 e. The number of nitro benzene ring substituents is 1. The Hall–Kier alpha value is -1.88. The van der Waals surface area contributed by atoms with Crippen LogP contribution in [0.15, 0.2) is 24.3 Å². The summed E-state index contributed by atoms with van der Waals surface area (Å²) in [6.45, 7) is 4.77. The Kier molecular flexibility index (Phi) is 6.18. The summed E-state index contributed by atoms with van der Waals surface area (Å²) in [4.78, 5) is 21.7. The summed E-state index contributed by atoms with van der Waals surface area (Å²) in [6, 6.07) is 4.39. The highest BCUT2D eigenvalue weighted by Crippen LogP contribution is 2.25. The van der Waals surface area contributed by atoms with Gasteiger partial charge in [-0.25, -0.2) is 0 Å². The largest absolute Gasteiger partial charge is 0.353 e. The minimum absolute atomic E-state index is 0.0773. The Morgan fingerprint density at radius 2 is 2.20 bits per heavy atom. The van der Waals surface area contributed by atoms with Gasteiger partial charge in [0.05, 0.1) is 4.92 Å². The Morgan fingerprint density at radius 1 is 1.50 bits per heavy atom. The van der Waals surface area contributed by atoms with E-state index in [9.17, 15) is 14.9 Å². The van der Waals surface area contributed by atoms with E-state index in [0.717, 1.165) is 6.42 Å². The van der Waals surface area contributed by atoms with Gasteiger partial charge >= 0.3 is 0 Å². The number of nitrogens with zero attached hydrogens (tertiary/aromatic N) is 1. The number of carbonyl (C=O) groups is 1. The molecule has 1 aromatic carbocycles. The Morgan fingerprint density at radius 3 is 2.80 bits per heavy atom. The molecule has 0 atom stereocenters. The predicted molar refractivity (Wildman–Crippen MR) is 79.6 cm³/mol. The van der Waals surface area contributed by atoms with E-state index in [4.69, 9.17) is 11.6 Å². The Balaban J connectivity index is 2.64. The highest BCUT2D eigenvalue weighted by atomic mass is 35.5. The van der Waals surface area contributed by atoms with Gasteiger partial charge in [-0.15, -0.1) is 0 Å². The second-order valence-electron chi connectivity index (χ2n) is 4.77. The molecule has 6 heteroatoms. The zero-order valence-electron chi connectivity index (χ0n) is 11.4. The first-order valence-corrected chi connectivity index (χ1v) is 6.68. The van der Waals surface area contributed by atoms with Gasteiger partial charge in [0.1, 0.15) is 5.02 Å². The van der Waals surface area contributed by atoms with Crippen LogP contribution in [-0.4, -0.2) is 17.4 Å². The maximum absolute atomic E-state index is 11.5. The number of amides is 1.